The van der Waals surface area contributed by atoms with Crippen LogP contribution < -0.4 is 0 Å². The van der Waals surface area contributed by atoms with Crippen LogP contribution in [-0.4, -0.2) is 46.2 Å². The fraction of sp³-hybridized carbons (Fsp3) is 0.423. The normalized spacial score (nSPS) is 22.9. The fourth-order valence-corrected chi connectivity index (χ4v) is 5.56. The van der Waals surface area contributed by atoms with E-state index in [-0.39, 0.29) is 31.1 Å². The number of aliphatic hydroxyl groups excluding tert-OH is 1. The van der Waals surface area contributed by atoms with Gasteiger partial charge in [0.1, 0.15) is 11.9 Å². The predicted octanol–water partition coefficient (Wildman–Crippen LogP) is 6.59. The Morgan fingerprint density at radius 2 is 1.76 bits per heavy atom. The Morgan fingerprint density at radius 3 is 2.26 bits per heavy atom. The van der Waals surface area contributed by atoms with E-state index < -0.39 is 71.2 Å². The average Bonchev–Trinajstić information content (AvgIpc) is 3.18. The summed E-state index contributed by atoms with van der Waals surface area (Å²) < 4.78 is 105. The first-order valence-corrected chi connectivity index (χ1v) is 11.7. The van der Waals surface area contributed by atoms with Crippen molar-refractivity contribution in [3.8, 4) is 0 Å². The summed E-state index contributed by atoms with van der Waals surface area (Å²) in [7, 11) is 0. The number of benzene rings is 2. The summed E-state index contributed by atoms with van der Waals surface area (Å²) in [6, 6.07) is 5.81. The van der Waals surface area contributed by atoms with Gasteiger partial charge in [-0.1, -0.05) is 30.3 Å². The van der Waals surface area contributed by atoms with Gasteiger partial charge in [0.2, 0.25) is 0 Å². The highest BCUT2D eigenvalue weighted by Gasteiger charge is 2.68. The third-order valence-electron chi connectivity index (χ3n) is 6.86. The molecule has 0 spiro atoms. The maximum Gasteiger partial charge on any atom is 0.417 e. The minimum absolute atomic E-state index is 0.0810. The van der Waals surface area contributed by atoms with Crippen molar-refractivity contribution in [1.82, 2.24) is 4.90 Å². The summed E-state index contributed by atoms with van der Waals surface area (Å²) in [5, 5.41) is 21.5. The van der Waals surface area contributed by atoms with Gasteiger partial charge in [0.25, 0.3) is 0 Å². The molecule has 3 unspecified atom stereocenters. The number of hydrogen-bond acceptors (Lipinski definition) is 3. The number of ether oxygens (including phenoxy) is 1. The molecule has 3 rings (SSSR count). The summed E-state index contributed by atoms with van der Waals surface area (Å²) in [4.78, 5) is 13.1. The molecule has 0 aromatic heterocycles. The van der Waals surface area contributed by atoms with Crippen LogP contribution in [0.3, 0.4) is 0 Å². The van der Waals surface area contributed by atoms with Crippen LogP contribution in [0.2, 0.25) is 0 Å². The quantitative estimate of drug-likeness (QED) is 0.288. The molecular formula is C26H26F7NO4. The highest BCUT2D eigenvalue weighted by Crippen LogP contribution is 2.58. The topological polar surface area (TPSA) is 70.0 Å². The number of hydrogen-bond donors (Lipinski definition) is 2. The molecule has 5 nitrogen and oxygen atoms in total. The van der Waals surface area contributed by atoms with Crippen LogP contribution in [-0.2, 0) is 22.5 Å². The molecule has 2 aromatic rings. The molecule has 12 heteroatoms. The van der Waals surface area contributed by atoms with E-state index in [0.717, 1.165) is 36.4 Å². The lowest BCUT2D eigenvalue weighted by Gasteiger charge is -2.52. The Bertz CT molecular complexity index is 1170. The maximum atomic E-state index is 14.5. The highest BCUT2D eigenvalue weighted by atomic mass is 19.4. The zero-order valence-electron chi connectivity index (χ0n) is 20.2. The van der Waals surface area contributed by atoms with Gasteiger partial charge in [0, 0.05) is 13.2 Å². The number of halogens is 7. The lowest BCUT2D eigenvalue weighted by Crippen LogP contribution is -2.67. The maximum absolute atomic E-state index is 14.5. The van der Waals surface area contributed by atoms with Crippen LogP contribution in [0.15, 0.2) is 55.1 Å². The zero-order chi connectivity index (χ0) is 28.5. The van der Waals surface area contributed by atoms with Crippen LogP contribution in [0.4, 0.5) is 35.5 Å². The van der Waals surface area contributed by atoms with E-state index in [1.54, 1.807) is 0 Å². The SMILES string of the molecule is C=CCCC(O)C1(OCC)N(C(=O)O)CCC1(c1ccc(F)cc1)c1cccc(C(F)(F)F)c1C(F)(F)F. The number of aliphatic hydroxyl groups is 1. The number of carboxylic acid groups (broad SMARTS) is 1. The lowest BCUT2D eigenvalue weighted by atomic mass is 9.62. The lowest BCUT2D eigenvalue weighted by molar-refractivity contribution is -0.210. The molecule has 2 N–H and O–H groups in total. The first-order chi connectivity index (χ1) is 17.7. The van der Waals surface area contributed by atoms with Crippen molar-refractivity contribution in [3.05, 3.63) is 83.2 Å². The van der Waals surface area contributed by atoms with E-state index in [9.17, 15) is 45.7 Å². The molecule has 1 fully saturated rings. The van der Waals surface area contributed by atoms with Crippen molar-refractivity contribution in [2.24, 2.45) is 0 Å². The monoisotopic (exact) mass is 549 g/mol. The second-order valence-electron chi connectivity index (χ2n) is 8.83. The van der Waals surface area contributed by atoms with Crippen molar-refractivity contribution in [2.75, 3.05) is 13.2 Å². The van der Waals surface area contributed by atoms with E-state index in [0.29, 0.717) is 4.90 Å². The standard InChI is InChI=1S/C26H26F7NO4/c1-3-5-9-20(35)24(38-4-2)23(14-15-34(24)22(36)37,16-10-12-17(27)13-11-16)18-7-6-8-19(25(28,29)30)21(18)26(31,32)33/h3,6-8,10-13,20,35H,1,4-5,9,14-15H2,2H3,(H,36,37). The van der Waals surface area contributed by atoms with Crippen LogP contribution in [0, 0.1) is 5.82 Å². The van der Waals surface area contributed by atoms with Gasteiger partial charge in [0.15, 0.2) is 5.72 Å². The summed E-state index contributed by atoms with van der Waals surface area (Å²) in [6.45, 7) is 4.13. The number of rotatable bonds is 8. The number of nitrogens with zero attached hydrogens (tertiary/aromatic N) is 1. The van der Waals surface area contributed by atoms with Gasteiger partial charge in [0.05, 0.1) is 16.5 Å². The molecule has 0 bridgehead atoms. The summed E-state index contributed by atoms with van der Waals surface area (Å²) in [5.41, 5.74) is -9.96. The van der Waals surface area contributed by atoms with Crippen LogP contribution in [0.5, 0.6) is 0 Å². The van der Waals surface area contributed by atoms with Gasteiger partial charge in [-0.25, -0.2) is 9.18 Å². The Morgan fingerprint density at radius 1 is 1.13 bits per heavy atom. The van der Waals surface area contributed by atoms with E-state index >= 15 is 0 Å². The molecule has 0 radical (unpaired) electrons. The predicted molar refractivity (Wildman–Crippen MR) is 123 cm³/mol. The summed E-state index contributed by atoms with van der Waals surface area (Å²) in [5.74, 6) is -0.786. The van der Waals surface area contributed by atoms with E-state index in [1.165, 1.54) is 13.0 Å². The molecule has 0 saturated carbocycles. The average molecular weight is 549 g/mol. The van der Waals surface area contributed by atoms with Crippen LogP contribution >= 0.6 is 0 Å². The minimum atomic E-state index is -5.55. The first kappa shape index (κ1) is 29.4. The minimum Gasteiger partial charge on any atom is -0.465 e. The largest absolute Gasteiger partial charge is 0.465 e. The molecule has 208 valence electrons. The summed E-state index contributed by atoms with van der Waals surface area (Å²) >= 11 is 0. The van der Waals surface area contributed by atoms with E-state index in [1.807, 2.05) is 0 Å². The number of alkyl halides is 6. The Balaban J connectivity index is 2.60. The second-order valence-corrected chi connectivity index (χ2v) is 8.83. The smallest absolute Gasteiger partial charge is 0.417 e. The zero-order valence-corrected chi connectivity index (χ0v) is 20.2. The van der Waals surface area contributed by atoms with Crippen LogP contribution in [0.25, 0.3) is 0 Å². The second kappa shape index (κ2) is 10.6. The Labute approximate surface area is 214 Å². The number of likely N-dealkylation sites (tertiary alicyclic amines) is 1. The van der Waals surface area contributed by atoms with Crippen molar-refractivity contribution >= 4 is 6.09 Å². The van der Waals surface area contributed by atoms with Gasteiger partial charge in [-0.2, -0.15) is 26.3 Å². The van der Waals surface area contributed by atoms with Crippen LogP contribution in [0.1, 0.15) is 48.4 Å². The van der Waals surface area contributed by atoms with Crippen molar-refractivity contribution in [1.29, 1.82) is 0 Å². The Hall–Kier alpha value is -3.12. The molecule has 1 amide bonds. The number of carbonyl (C=O) groups is 1. The molecule has 1 aliphatic heterocycles. The van der Waals surface area contributed by atoms with E-state index in [2.05, 4.69) is 6.58 Å². The van der Waals surface area contributed by atoms with Gasteiger partial charge >= 0.3 is 18.4 Å². The molecule has 2 aromatic carbocycles. The first-order valence-electron chi connectivity index (χ1n) is 11.7. The van der Waals surface area contributed by atoms with Crippen molar-refractivity contribution in [3.63, 3.8) is 0 Å². The molecular weight excluding hydrogens is 523 g/mol. The van der Waals surface area contributed by atoms with Gasteiger partial charge in [-0.05, 0) is 55.5 Å². The van der Waals surface area contributed by atoms with Crippen molar-refractivity contribution < 1.29 is 50.5 Å². The number of allylic oxidation sites excluding steroid dienone is 1. The molecule has 1 heterocycles. The number of amides is 1. The summed E-state index contributed by atoms with van der Waals surface area (Å²) in [6.07, 6.45) is -13.7. The van der Waals surface area contributed by atoms with Gasteiger partial charge in [-0.15, -0.1) is 6.58 Å². The molecule has 1 saturated heterocycles. The van der Waals surface area contributed by atoms with Gasteiger partial charge < -0.3 is 14.9 Å². The molecule has 3 atom stereocenters. The highest BCUT2D eigenvalue weighted by molar-refractivity contribution is 5.69. The Kier molecular flexibility index (Phi) is 8.18. The molecule has 0 aliphatic carbocycles. The van der Waals surface area contributed by atoms with Crippen molar-refractivity contribution in [2.45, 2.75) is 55.8 Å². The third kappa shape index (κ3) is 4.75. The molecule has 1 aliphatic rings. The fourth-order valence-electron chi connectivity index (χ4n) is 5.56. The van der Waals surface area contributed by atoms with Gasteiger partial charge in [-0.3, -0.25) is 4.90 Å². The molecule has 38 heavy (non-hydrogen) atoms. The third-order valence-corrected chi connectivity index (χ3v) is 6.86. The van der Waals surface area contributed by atoms with E-state index in [4.69, 9.17) is 4.74 Å².